The van der Waals surface area contributed by atoms with Gasteiger partial charge in [0.15, 0.2) is 11.6 Å². The topological polar surface area (TPSA) is 147 Å². The monoisotopic (exact) mass is 423 g/mol. The number of rotatable bonds is 8. The molecule has 31 heavy (non-hydrogen) atoms. The molecule has 0 aliphatic carbocycles. The minimum atomic E-state index is -0.873. The van der Waals surface area contributed by atoms with Gasteiger partial charge in [-0.05, 0) is 55.5 Å². The van der Waals surface area contributed by atoms with Gasteiger partial charge in [-0.25, -0.2) is 4.79 Å². The van der Waals surface area contributed by atoms with Crippen molar-refractivity contribution in [3.8, 4) is 5.75 Å². The van der Waals surface area contributed by atoms with Crippen molar-refractivity contribution in [1.82, 2.24) is 0 Å². The van der Waals surface area contributed by atoms with Crippen molar-refractivity contribution in [1.29, 1.82) is 0 Å². The van der Waals surface area contributed by atoms with E-state index >= 15 is 0 Å². The zero-order chi connectivity index (χ0) is 22.4. The largest absolute Gasteiger partial charge is 0.486 e. The van der Waals surface area contributed by atoms with E-state index in [0.717, 1.165) is 0 Å². The van der Waals surface area contributed by atoms with Crippen LogP contribution < -0.4 is 10.5 Å². The molecule has 0 saturated carbocycles. The van der Waals surface area contributed by atoms with E-state index in [0.29, 0.717) is 22.6 Å². The summed E-state index contributed by atoms with van der Waals surface area (Å²) in [6.45, 7) is 1.53. The maximum atomic E-state index is 12.1. The molecule has 2 N–H and O–H groups in total. The molecule has 0 spiro atoms. The molecular weight excluding hydrogens is 406 g/mol. The Morgan fingerprint density at radius 2 is 1.68 bits per heavy atom. The second kappa shape index (κ2) is 9.35. The van der Waals surface area contributed by atoms with Crippen LogP contribution in [0.25, 0.3) is 0 Å². The lowest BCUT2D eigenvalue weighted by atomic mass is 10.1. The third-order valence-electron chi connectivity index (χ3n) is 4.11. The Kier molecular flexibility index (Phi) is 6.41. The Morgan fingerprint density at radius 3 is 2.29 bits per heavy atom. The standard InChI is InChI=1S/C21H17N3O7/c1-13(25)14-4-8-17(9-5-14)29-12-18-10-11-19(30-18)21(26)31-23-20(22)15-2-6-16(7-3-15)24(27)28/h2-11H,12H2,1H3,(H2,22,23). The summed E-state index contributed by atoms with van der Waals surface area (Å²) in [6, 6.07) is 14.8. The molecule has 3 aromatic rings. The molecule has 1 heterocycles. The lowest BCUT2D eigenvalue weighted by molar-refractivity contribution is -0.384. The second-order valence-electron chi connectivity index (χ2n) is 6.29. The fourth-order valence-corrected chi connectivity index (χ4v) is 2.45. The Balaban J connectivity index is 1.56. The number of oxime groups is 1. The molecule has 0 unspecified atom stereocenters. The van der Waals surface area contributed by atoms with E-state index in [1.807, 2.05) is 0 Å². The fourth-order valence-electron chi connectivity index (χ4n) is 2.45. The summed E-state index contributed by atoms with van der Waals surface area (Å²) in [6.07, 6.45) is 0. The zero-order valence-electron chi connectivity index (χ0n) is 16.3. The average Bonchev–Trinajstić information content (AvgIpc) is 3.25. The van der Waals surface area contributed by atoms with E-state index in [9.17, 15) is 19.7 Å². The molecule has 10 heteroatoms. The van der Waals surface area contributed by atoms with E-state index < -0.39 is 10.9 Å². The number of nitro benzene ring substituents is 1. The minimum Gasteiger partial charge on any atom is -0.486 e. The van der Waals surface area contributed by atoms with Crippen LogP contribution in [0.5, 0.6) is 5.75 Å². The van der Waals surface area contributed by atoms with E-state index in [4.69, 9.17) is 19.7 Å². The number of hydrogen-bond donors (Lipinski definition) is 1. The number of benzene rings is 2. The summed E-state index contributed by atoms with van der Waals surface area (Å²) in [5, 5.41) is 14.2. The van der Waals surface area contributed by atoms with E-state index in [-0.39, 0.29) is 29.7 Å². The third kappa shape index (κ3) is 5.54. The Morgan fingerprint density at radius 1 is 1.03 bits per heavy atom. The van der Waals surface area contributed by atoms with Crippen LogP contribution >= 0.6 is 0 Å². The maximum Gasteiger partial charge on any atom is 0.400 e. The summed E-state index contributed by atoms with van der Waals surface area (Å²) < 4.78 is 10.9. The third-order valence-corrected chi connectivity index (χ3v) is 4.11. The summed E-state index contributed by atoms with van der Waals surface area (Å²) in [5.74, 6) is -0.251. The smallest absolute Gasteiger partial charge is 0.400 e. The first kappa shape index (κ1) is 21.2. The minimum absolute atomic E-state index is 0.0439. The predicted octanol–water partition coefficient (Wildman–Crippen LogP) is 3.45. The Labute approximate surface area is 176 Å². The molecule has 10 nitrogen and oxygen atoms in total. The second-order valence-corrected chi connectivity index (χ2v) is 6.29. The van der Waals surface area contributed by atoms with Crippen LogP contribution in [-0.2, 0) is 11.4 Å². The number of ether oxygens (including phenoxy) is 1. The molecule has 0 aliphatic rings. The Hall–Kier alpha value is -4.47. The number of nitrogens with two attached hydrogens (primary N) is 1. The number of Topliss-reactive ketones (excluding diaryl/α,β-unsaturated/α-hetero) is 1. The van der Waals surface area contributed by atoms with Crippen LogP contribution in [0.2, 0.25) is 0 Å². The van der Waals surface area contributed by atoms with Gasteiger partial charge in [-0.2, -0.15) is 0 Å². The van der Waals surface area contributed by atoms with Crippen LogP contribution in [0.15, 0.2) is 70.2 Å². The molecule has 0 atom stereocenters. The van der Waals surface area contributed by atoms with Gasteiger partial charge in [0.25, 0.3) is 5.69 Å². The molecule has 0 aliphatic heterocycles. The van der Waals surface area contributed by atoms with E-state index in [1.165, 1.54) is 37.3 Å². The molecule has 0 amide bonds. The number of ketones is 1. The highest BCUT2D eigenvalue weighted by Gasteiger charge is 2.14. The molecule has 0 radical (unpaired) electrons. The van der Waals surface area contributed by atoms with Gasteiger partial charge < -0.3 is 19.7 Å². The molecule has 1 aromatic heterocycles. The summed E-state index contributed by atoms with van der Waals surface area (Å²) >= 11 is 0. The van der Waals surface area contributed by atoms with Gasteiger partial charge in [0.2, 0.25) is 5.76 Å². The van der Waals surface area contributed by atoms with Gasteiger partial charge in [-0.3, -0.25) is 14.9 Å². The van der Waals surface area contributed by atoms with Gasteiger partial charge in [-0.15, -0.1) is 0 Å². The highest BCUT2D eigenvalue weighted by Crippen LogP contribution is 2.17. The number of amidine groups is 1. The van der Waals surface area contributed by atoms with Crippen molar-refractivity contribution >= 4 is 23.3 Å². The van der Waals surface area contributed by atoms with Gasteiger partial charge in [0.05, 0.1) is 4.92 Å². The van der Waals surface area contributed by atoms with Gasteiger partial charge in [-0.1, -0.05) is 5.16 Å². The quantitative estimate of drug-likeness (QED) is 0.145. The lowest BCUT2D eigenvalue weighted by Crippen LogP contribution is -2.15. The van der Waals surface area contributed by atoms with Crippen LogP contribution in [0, 0.1) is 10.1 Å². The van der Waals surface area contributed by atoms with E-state index in [1.54, 1.807) is 30.3 Å². The fraction of sp³-hybridized carbons (Fsp3) is 0.0952. The number of hydrogen-bond acceptors (Lipinski definition) is 8. The highest BCUT2D eigenvalue weighted by atomic mass is 16.7. The molecule has 0 bridgehead atoms. The highest BCUT2D eigenvalue weighted by molar-refractivity contribution is 5.98. The first-order valence-electron chi connectivity index (χ1n) is 8.95. The number of furan rings is 1. The number of nitrogens with zero attached hydrogens (tertiary/aromatic N) is 2. The summed E-state index contributed by atoms with van der Waals surface area (Å²) in [5.41, 5.74) is 6.55. The predicted molar refractivity (Wildman–Crippen MR) is 109 cm³/mol. The van der Waals surface area contributed by atoms with Gasteiger partial charge in [0.1, 0.15) is 18.1 Å². The average molecular weight is 423 g/mol. The van der Waals surface area contributed by atoms with Crippen molar-refractivity contribution in [2.24, 2.45) is 10.9 Å². The SMILES string of the molecule is CC(=O)c1ccc(OCc2ccc(C(=O)O/N=C(\N)c3ccc([N+](=O)[O-])cc3)o2)cc1. The lowest BCUT2D eigenvalue weighted by Gasteiger charge is -2.04. The van der Waals surface area contributed by atoms with Crippen LogP contribution in [0.4, 0.5) is 5.69 Å². The number of carbonyl (C=O) groups excluding carboxylic acids is 2. The van der Waals surface area contributed by atoms with Crippen molar-refractivity contribution in [3.05, 3.63) is 93.4 Å². The van der Waals surface area contributed by atoms with Crippen molar-refractivity contribution in [3.63, 3.8) is 0 Å². The van der Waals surface area contributed by atoms with Crippen LogP contribution in [0.1, 0.15) is 39.2 Å². The van der Waals surface area contributed by atoms with Gasteiger partial charge in [0, 0.05) is 23.3 Å². The first-order chi connectivity index (χ1) is 14.8. The maximum absolute atomic E-state index is 12.1. The van der Waals surface area contributed by atoms with Crippen molar-refractivity contribution in [2.45, 2.75) is 13.5 Å². The van der Waals surface area contributed by atoms with E-state index in [2.05, 4.69) is 5.16 Å². The Bertz CT molecular complexity index is 1130. The van der Waals surface area contributed by atoms with Crippen molar-refractivity contribution in [2.75, 3.05) is 0 Å². The zero-order valence-corrected chi connectivity index (χ0v) is 16.3. The molecule has 0 saturated heterocycles. The van der Waals surface area contributed by atoms with Crippen LogP contribution in [-0.4, -0.2) is 22.5 Å². The molecule has 158 valence electrons. The first-order valence-corrected chi connectivity index (χ1v) is 8.95. The molecular formula is C21H17N3O7. The molecule has 0 fully saturated rings. The molecule has 2 aromatic carbocycles. The number of carbonyl (C=O) groups is 2. The number of nitro groups is 1. The number of non-ortho nitro benzene ring substituents is 1. The van der Waals surface area contributed by atoms with Gasteiger partial charge >= 0.3 is 5.97 Å². The summed E-state index contributed by atoms with van der Waals surface area (Å²) in [4.78, 5) is 38.2. The molecule has 3 rings (SSSR count). The van der Waals surface area contributed by atoms with Crippen LogP contribution in [0.3, 0.4) is 0 Å². The van der Waals surface area contributed by atoms with Crippen molar-refractivity contribution < 1.29 is 28.5 Å². The normalized spacial score (nSPS) is 11.1. The summed E-state index contributed by atoms with van der Waals surface area (Å²) in [7, 11) is 0.